The van der Waals surface area contributed by atoms with E-state index in [1.54, 1.807) is 0 Å². The van der Waals surface area contributed by atoms with Crippen LogP contribution in [0.15, 0.2) is 67.0 Å². The van der Waals surface area contributed by atoms with Crippen LogP contribution in [0.3, 0.4) is 0 Å². The van der Waals surface area contributed by atoms with Gasteiger partial charge in [0.25, 0.3) is 0 Å². The maximum atomic E-state index is 5.45. The van der Waals surface area contributed by atoms with Crippen molar-refractivity contribution >= 4 is 28.1 Å². The zero-order valence-corrected chi connectivity index (χ0v) is 17.4. The van der Waals surface area contributed by atoms with Gasteiger partial charge >= 0.3 is 0 Å². The molecule has 156 valence electrons. The monoisotopic (exact) mass is 411 g/mol. The molecule has 0 radical (unpaired) electrons. The van der Waals surface area contributed by atoms with Gasteiger partial charge in [-0.25, -0.2) is 4.98 Å². The highest BCUT2D eigenvalue weighted by atomic mass is 16.5. The zero-order chi connectivity index (χ0) is 20.6. The molecular weight excluding hydrogens is 386 g/mol. The first kappa shape index (κ1) is 18.4. The SMILES string of the molecule is c1ccc2c(c1)CC[C@H]2n1ncc2cnc(Nc3ccc(N4CCOCC4)cc3)cc21. The van der Waals surface area contributed by atoms with Crippen molar-refractivity contribution in [2.75, 3.05) is 36.5 Å². The number of fused-ring (bicyclic) bond motifs is 2. The van der Waals surface area contributed by atoms with Gasteiger partial charge in [-0.05, 0) is 48.2 Å². The Morgan fingerprint density at radius 1 is 0.968 bits per heavy atom. The van der Waals surface area contributed by atoms with Crippen LogP contribution >= 0.6 is 0 Å². The summed E-state index contributed by atoms with van der Waals surface area (Å²) in [6.45, 7) is 3.48. The van der Waals surface area contributed by atoms with Gasteiger partial charge in [-0.3, -0.25) is 4.68 Å². The van der Waals surface area contributed by atoms with Crippen molar-refractivity contribution in [3.8, 4) is 0 Å². The molecule has 2 aromatic heterocycles. The van der Waals surface area contributed by atoms with Crippen molar-refractivity contribution < 1.29 is 4.74 Å². The minimum atomic E-state index is 0.289. The van der Waals surface area contributed by atoms with E-state index < -0.39 is 0 Å². The molecule has 31 heavy (non-hydrogen) atoms. The molecule has 0 bridgehead atoms. The van der Waals surface area contributed by atoms with Gasteiger partial charge in [0.2, 0.25) is 0 Å². The van der Waals surface area contributed by atoms with Crippen molar-refractivity contribution in [2.45, 2.75) is 18.9 Å². The van der Waals surface area contributed by atoms with Crippen molar-refractivity contribution in [3.63, 3.8) is 0 Å². The highest BCUT2D eigenvalue weighted by Crippen LogP contribution is 2.36. The molecular formula is C25H25N5O. The fourth-order valence-electron chi connectivity index (χ4n) is 4.77. The number of aromatic nitrogens is 3. The van der Waals surface area contributed by atoms with E-state index >= 15 is 0 Å². The van der Waals surface area contributed by atoms with Crippen molar-refractivity contribution in [2.24, 2.45) is 0 Å². The smallest absolute Gasteiger partial charge is 0.132 e. The minimum Gasteiger partial charge on any atom is -0.378 e. The van der Waals surface area contributed by atoms with Crippen LogP contribution in [0.4, 0.5) is 17.2 Å². The Labute approximate surface area is 181 Å². The Bertz CT molecular complexity index is 1210. The lowest BCUT2D eigenvalue weighted by Gasteiger charge is -2.28. The first-order valence-electron chi connectivity index (χ1n) is 11.0. The molecule has 1 aliphatic heterocycles. The standard InChI is InChI=1S/C25H25N5O/c1-2-4-22-18(3-1)5-10-23(22)30-24-15-25(26-16-19(24)17-27-30)28-20-6-8-21(9-7-20)29-11-13-31-14-12-29/h1-4,6-9,15-17,23H,5,10-14H2,(H,26,28)/t23-/m1/s1. The molecule has 0 saturated carbocycles. The average molecular weight is 412 g/mol. The Morgan fingerprint density at radius 3 is 2.68 bits per heavy atom. The van der Waals surface area contributed by atoms with Gasteiger partial charge in [0, 0.05) is 42.1 Å². The quantitative estimate of drug-likeness (QED) is 0.534. The first-order chi connectivity index (χ1) is 15.3. The van der Waals surface area contributed by atoms with Crippen LogP contribution in [0, 0.1) is 0 Å². The summed E-state index contributed by atoms with van der Waals surface area (Å²) >= 11 is 0. The number of nitrogens with one attached hydrogen (secondary N) is 1. The lowest BCUT2D eigenvalue weighted by molar-refractivity contribution is 0.122. The summed E-state index contributed by atoms with van der Waals surface area (Å²) < 4.78 is 7.61. The van der Waals surface area contributed by atoms with Crippen LogP contribution in [0.1, 0.15) is 23.6 Å². The molecule has 1 atom stereocenters. The number of ether oxygens (including phenoxy) is 1. The maximum absolute atomic E-state index is 5.45. The molecule has 1 fully saturated rings. The minimum absolute atomic E-state index is 0.289. The Kier molecular flexibility index (Phi) is 4.57. The molecule has 0 unspecified atom stereocenters. The fourth-order valence-corrected chi connectivity index (χ4v) is 4.77. The van der Waals surface area contributed by atoms with Crippen LogP contribution in [-0.2, 0) is 11.2 Å². The van der Waals surface area contributed by atoms with Crippen LogP contribution < -0.4 is 10.2 Å². The molecule has 0 spiro atoms. The summed E-state index contributed by atoms with van der Waals surface area (Å²) in [6, 6.07) is 19.7. The van der Waals surface area contributed by atoms with E-state index in [1.165, 1.54) is 16.8 Å². The van der Waals surface area contributed by atoms with E-state index in [0.29, 0.717) is 0 Å². The molecule has 2 aliphatic rings. The second-order valence-electron chi connectivity index (χ2n) is 8.24. The normalized spacial score (nSPS) is 18.3. The van der Waals surface area contributed by atoms with Crippen LogP contribution in [0.25, 0.3) is 10.9 Å². The number of hydrogen-bond donors (Lipinski definition) is 1. The number of hydrogen-bond acceptors (Lipinski definition) is 5. The molecule has 1 saturated heterocycles. The number of nitrogens with zero attached hydrogens (tertiary/aromatic N) is 4. The van der Waals surface area contributed by atoms with Crippen molar-refractivity contribution in [1.82, 2.24) is 14.8 Å². The van der Waals surface area contributed by atoms with E-state index in [9.17, 15) is 0 Å². The third-order valence-corrected chi connectivity index (χ3v) is 6.39. The molecule has 2 aromatic carbocycles. The predicted molar refractivity (Wildman–Crippen MR) is 123 cm³/mol. The highest BCUT2D eigenvalue weighted by Gasteiger charge is 2.25. The number of rotatable bonds is 4. The molecule has 6 nitrogen and oxygen atoms in total. The summed E-state index contributed by atoms with van der Waals surface area (Å²) in [7, 11) is 0. The summed E-state index contributed by atoms with van der Waals surface area (Å²) in [5.41, 5.74) is 6.20. The first-order valence-corrected chi connectivity index (χ1v) is 11.0. The predicted octanol–water partition coefficient (Wildman–Crippen LogP) is 4.55. The van der Waals surface area contributed by atoms with Gasteiger partial charge in [0.15, 0.2) is 0 Å². The zero-order valence-electron chi connectivity index (χ0n) is 17.4. The number of morpholine rings is 1. The number of benzene rings is 2. The summed E-state index contributed by atoms with van der Waals surface area (Å²) in [5, 5.41) is 9.25. The molecule has 4 aromatic rings. The van der Waals surface area contributed by atoms with Crippen LogP contribution in [0.2, 0.25) is 0 Å². The average Bonchev–Trinajstić information content (AvgIpc) is 3.44. The molecule has 3 heterocycles. The van der Waals surface area contributed by atoms with E-state index in [1.807, 2.05) is 12.4 Å². The summed E-state index contributed by atoms with van der Waals surface area (Å²) in [6.07, 6.45) is 6.02. The van der Waals surface area contributed by atoms with Gasteiger partial charge in [-0.15, -0.1) is 0 Å². The van der Waals surface area contributed by atoms with Crippen molar-refractivity contribution in [3.05, 3.63) is 78.1 Å². The third kappa shape index (κ3) is 3.43. The van der Waals surface area contributed by atoms with Gasteiger partial charge in [-0.1, -0.05) is 24.3 Å². The second kappa shape index (κ2) is 7.71. The number of anilines is 3. The van der Waals surface area contributed by atoms with Gasteiger partial charge in [-0.2, -0.15) is 5.10 Å². The molecule has 6 heteroatoms. The Hall–Kier alpha value is -3.38. The highest BCUT2D eigenvalue weighted by molar-refractivity contribution is 5.81. The summed E-state index contributed by atoms with van der Waals surface area (Å²) in [5.74, 6) is 0.833. The molecule has 1 aliphatic carbocycles. The van der Waals surface area contributed by atoms with E-state index in [0.717, 1.165) is 61.6 Å². The molecule has 0 amide bonds. The summed E-state index contributed by atoms with van der Waals surface area (Å²) in [4.78, 5) is 6.96. The topological polar surface area (TPSA) is 55.2 Å². The van der Waals surface area contributed by atoms with E-state index in [-0.39, 0.29) is 6.04 Å². The van der Waals surface area contributed by atoms with Crippen molar-refractivity contribution in [1.29, 1.82) is 0 Å². The lowest BCUT2D eigenvalue weighted by atomic mass is 10.1. The largest absolute Gasteiger partial charge is 0.378 e. The molecule has 1 N–H and O–H groups in total. The number of aryl methyl sites for hydroxylation is 1. The fraction of sp³-hybridized carbons (Fsp3) is 0.280. The molecule has 6 rings (SSSR count). The van der Waals surface area contributed by atoms with Crippen LogP contribution in [-0.4, -0.2) is 41.1 Å². The van der Waals surface area contributed by atoms with E-state index in [2.05, 4.69) is 74.5 Å². The maximum Gasteiger partial charge on any atom is 0.132 e. The van der Waals surface area contributed by atoms with Gasteiger partial charge in [0.05, 0.1) is 31.0 Å². The Morgan fingerprint density at radius 2 is 1.81 bits per heavy atom. The van der Waals surface area contributed by atoms with E-state index in [4.69, 9.17) is 9.84 Å². The lowest BCUT2D eigenvalue weighted by Crippen LogP contribution is -2.36. The third-order valence-electron chi connectivity index (χ3n) is 6.39. The Balaban J connectivity index is 1.26. The van der Waals surface area contributed by atoms with Crippen LogP contribution in [0.5, 0.6) is 0 Å². The van der Waals surface area contributed by atoms with Gasteiger partial charge < -0.3 is 15.0 Å². The second-order valence-corrected chi connectivity index (χ2v) is 8.24. The number of pyridine rings is 1. The van der Waals surface area contributed by atoms with Gasteiger partial charge in [0.1, 0.15) is 5.82 Å².